The van der Waals surface area contributed by atoms with Crippen LogP contribution >= 0.6 is 11.6 Å². The van der Waals surface area contributed by atoms with Crippen LogP contribution in [0.1, 0.15) is 0 Å². The van der Waals surface area contributed by atoms with Crippen molar-refractivity contribution in [3.63, 3.8) is 0 Å². The number of halogens is 1. The molecule has 76 valence electrons. The van der Waals surface area contributed by atoms with Crippen LogP contribution in [0.25, 0.3) is 0 Å². The van der Waals surface area contributed by atoms with Gasteiger partial charge in [-0.3, -0.25) is 24.5 Å². The number of nitro groups is 1. The van der Waals surface area contributed by atoms with Gasteiger partial charge >= 0.3 is 16.9 Å². The molecule has 1 N–H and O–H groups in total. The zero-order valence-electron chi connectivity index (χ0n) is 6.90. The van der Waals surface area contributed by atoms with Gasteiger partial charge in [0.05, 0.1) is 11.1 Å². The van der Waals surface area contributed by atoms with E-state index in [9.17, 15) is 19.7 Å². The van der Waals surface area contributed by atoms with Crippen LogP contribution in [-0.4, -0.2) is 20.4 Å². The number of hydrogen-bond acceptors (Lipinski definition) is 4. The minimum Gasteiger partial charge on any atom is -0.292 e. The highest BCUT2D eigenvalue weighted by atomic mass is 35.5. The van der Waals surface area contributed by atoms with Crippen LogP contribution in [0.5, 0.6) is 0 Å². The Labute approximate surface area is 82.1 Å². The highest BCUT2D eigenvalue weighted by Crippen LogP contribution is 1.98. The number of alkyl halides is 1. The van der Waals surface area contributed by atoms with Crippen molar-refractivity contribution in [1.29, 1.82) is 0 Å². The van der Waals surface area contributed by atoms with Gasteiger partial charge in [0, 0.05) is 12.4 Å². The number of H-pyrrole nitrogens is 1. The molecule has 7 nitrogen and oxygen atoms in total. The minimum absolute atomic E-state index is 0.109. The largest absolute Gasteiger partial charge is 0.350 e. The van der Waals surface area contributed by atoms with Crippen molar-refractivity contribution in [2.75, 3.05) is 5.88 Å². The summed E-state index contributed by atoms with van der Waals surface area (Å²) < 4.78 is 0.979. The molecule has 1 aromatic rings. The predicted octanol–water partition coefficient (Wildman–Crippen LogP) is -0.316. The lowest BCUT2D eigenvalue weighted by molar-refractivity contribution is -0.386. The fourth-order valence-electron chi connectivity index (χ4n) is 0.885. The summed E-state index contributed by atoms with van der Waals surface area (Å²) >= 11 is 5.36. The van der Waals surface area contributed by atoms with Crippen molar-refractivity contribution in [2.24, 2.45) is 0 Å². The Kier molecular flexibility index (Phi) is 3.03. The van der Waals surface area contributed by atoms with Gasteiger partial charge in [0.25, 0.3) is 0 Å². The van der Waals surface area contributed by atoms with Gasteiger partial charge in [-0.05, 0) is 0 Å². The standard InChI is InChI=1S/C6H6ClN3O4/c7-1-2-9-3-4(10(13)14)5(11)8-6(9)12/h3H,1-2H2,(H,8,11,12). The topological polar surface area (TPSA) is 98.0 Å². The predicted molar refractivity (Wildman–Crippen MR) is 48.7 cm³/mol. The van der Waals surface area contributed by atoms with Gasteiger partial charge in [0.15, 0.2) is 0 Å². The summed E-state index contributed by atoms with van der Waals surface area (Å²) in [7, 11) is 0. The van der Waals surface area contributed by atoms with Crippen molar-refractivity contribution in [3.05, 3.63) is 37.1 Å². The molecule has 0 saturated carbocycles. The Bertz CT molecular complexity index is 463. The molecule has 0 fully saturated rings. The molecule has 0 aliphatic heterocycles. The number of nitrogens with one attached hydrogen (secondary N) is 1. The van der Waals surface area contributed by atoms with Crippen LogP contribution in [0.15, 0.2) is 15.8 Å². The lowest BCUT2D eigenvalue weighted by atomic mass is 10.5. The first kappa shape index (κ1) is 10.5. The monoisotopic (exact) mass is 219 g/mol. The first-order chi connectivity index (χ1) is 6.56. The highest BCUT2D eigenvalue weighted by molar-refractivity contribution is 6.17. The molecule has 0 unspecified atom stereocenters. The molecular formula is C6H6ClN3O4. The molecule has 0 radical (unpaired) electrons. The smallest absolute Gasteiger partial charge is 0.292 e. The number of rotatable bonds is 3. The molecule has 1 rings (SSSR count). The summed E-state index contributed by atoms with van der Waals surface area (Å²) in [6.45, 7) is 0.109. The summed E-state index contributed by atoms with van der Waals surface area (Å²) in [5.74, 6) is 0.128. The molecule has 1 heterocycles. The molecule has 0 bridgehead atoms. The molecule has 0 amide bonds. The van der Waals surface area contributed by atoms with Crippen LogP contribution in [0.3, 0.4) is 0 Å². The van der Waals surface area contributed by atoms with Crippen molar-refractivity contribution in [2.45, 2.75) is 6.54 Å². The van der Waals surface area contributed by atoms with Crippen LogP contribution in [0.2, 0.25) is 0 Å². The lowest BCUT2D eigenvalue weighted by Gasteiger charge is -1.99. The van der Waals surface area contributed by atoms with Crippen molar-refractivity contribution in [1.82, 2.24) is 9.55 Å². The van der Waals surface area contributed by atoms with Gasteiger partial charge in [-0.2, -0.15) is 0 Å². The second kappa shape index (κ2) is 4.05. The summed E-state index contributed by atoms with van der Waals surface area (Å²) in [6, 6.07) is 0. The van der Waals surface area contributed by atoms with Crippen molar-refractivity contribution >= 4 is 17.3 Å². The van der Waals surface area contributed by atoms with Gasteiger partial charge < -0.3 is 0 Å². The average molecular weight is 220 g/mol. The second-order valence-electron chi connectivity index (χ2n) is 2.41. The third-order valence-corrected chi connectivity index (χ3v) is 1.68. The van der Waals surface area contributed by atoms with Crippen molar-refractivity contribution < 1.29 is 4.92 Å². The number of hydrogen-bond donors (Lipinski definition) is 1. The van der Waals surface area contributed by atoms with Crippen LogP contribution in [0.4, 0.5) is 5.69 Å². The van der Waals surface area contributed by atoms with Crippen LogP contribution in [-0.2, 0) is 6.54 Å². The first-order valence-electron chi connectivity index (χ1n) is 3.60. The summed E-state index contributed by atoms with van der Waals surface area (Å²) in [4.78, 5) is 33.2. The van der Waals surface area contributed by atoms with Gasteiger partial charge in [-0.15, -0.1) is 11.6 Å². The van der Waals surface area contributed by atoms with Crippen LogP contribution < -0.4 is 11.2 Å². The van der Waals surface area contributed by atoms with Gasteiger partial charge in [0.1, 0.15) is 0 Å². The van der Waals surface area contributed by atoms with E-state index in [1.54, 1.807) is 0 Å². The van der Waals surface area contributed by atoms with E-state index in [4.69, 9.17) is 11.6 Å². The molecule has 0 saturated heterocycles. The molecule has 0 aliphatic carbocycles. The Hall–Kier alpha value is -1.63. The summed E-state index contributed by atoms with van der Waals surface area (Å²) in [6.07, 6.45) is 0.879. The van der Waals surface area contributed by atoms with E-state index in [-0.39, 0.29) is 12.4 Å². The van der Waals surface area contributed by atoms with Crippen molar-refractivity contribution in [3.8, 4) is 0 Å². The Morgan fingerprint density at radius 1 is 1.57 bits per heavy atom. The molecule has 0 spiro atoms. The highest BCUT2D eigenvalue weighted by Gasteiger charge is 2.14. The third-order valence-electron chi connectivity index (χ3n) is 1.51. The molecule has 0 atom stereocenters. The van der Waals surface area contributed by atoms with Gasteiger partial charge in [-0.25, -0.2) is 4.79 Å². The molecule has 0 aromatic carbocycles. The minimum atomic E-state index is -1.01. The molecule has 14 heavy (non-hydrogen) atoms. The van der Waals surface area contributed by atoms with E-state index >= 15 is 0 Å². The Morgan fingerprint density at radius 3 is 2.71 bits per heavy atom. The maximum atomic E-state index is 11.0. The van der Waals surface area contributed by atoms with Crippen LogP contribution in [0, 0.1) is 10.1 Å². The molecular weight excluding hydrogens is 214 g/mol. The van der Waals surface area contributed by atoms with E-state index < -0.39 is 21.9 Å². The first-order valence-corrected chi connectivity index (χ1v) is 4.14. The molecule has 1 aromatic heterocycles. The van der Waals surface area contributed by atoms with Gasteiger partial charge in [0.2, 0.25) is 0 Å². The number of nitrogens with zero attached hydrogens (tertiary/aromatic N) is 2. The number of aryl methyl sites for hydroxylation is 1. The van der Waals surface area contributed by atoms with Gasteiger partial charge in [-0.1, -0.05) is 0 Å². The van der Waals surface area contributed by atoms with E-state index in [1.807, 2.05) is 4.98 Å². The molecule has 0 aliphatic rings. The molecule has 8 heteroatoms. The Morgan fingerprint density at radius 2 is 2.21 bits per heavy atom. The zero-order chi connectivity index (χ0) is 10.7. The Balaban J connectivity index is 3.35. The fraction of sp³-hybridized carbons (Fsp3) is 0.333. The van der Waals surface area contributed by atoms with E-state index in [0.717, 1.165) is 10.8 Å². The maximum absolute atomic E-state index is 11.0. The number of aromatic nitrogens is 2. The average Bonchev–Trinajstić information content (AvgIpc) is 2.09. The van der Waals surface area contributed by atoms with E-state index in [1.165, 1.54) is 0 Å². The van der Waals surface area contributed by atoms with E-state index in [2.05, 4.69) is 0 Å². The maximum Gasteiger partial charge on any atom is 0.350 e. The third kappa shape index (κ3) is 1.99. The fourth-order valence-corrected chi connectivity index (χ4v) is 1.07. The number of aromatic amines is 1. The summed E-state index contributed by atoms with van der Waals surface area (Å²) in [5.41, 5.74) is -2.39. The zero-order valence-corrected chi connectivity index (χ0v) is 7.65. The normalized spacial score (nSPS) is 10.1. The quantitative estimate of drug-likeness (QED) is 0.428. The second-order valence-corrected chi connectivity index (χ2v) is 2.79. The van der Waals surface area contributed by atoms with E-state index in [0.29, 0.717) is 0 Å². The lowest BCUT2D eigenvalue weighted by Crippen LogP contribution is -2.31. The SMILES string of the molecule is O=c1[nH]c(=O)n(CCCl)cc1[N+](=O)[O-]. The summed E-state index contributed by atoms with van der Waals surface area (Å²) in [5, 5.41) is 10.3.